The summed E-state index contributed by atoms with van der Waals surface area (Å²) in [5, 5.41) is 10.2. The van der Waals surface area contributed by atoms with E-state index in [1.807, 2.05) is 6.92 Å². The molecule has 3 rings (SSSR count). The fourth-order valence-corrected chi connectivity index (χ4v) is 2.90. The first-order valence-corrected chi connectivity index (χ1v) is 7.90. The average Bonchev–Trinajstić information content (AvgIpc) is 2.94. The van der Waals surface area contributed by atoms with Crippen LogP contribution in [0.5, 0.6) is 5.75 Å². The van der Waals surface area contributed by atoms with E-state index in [2.05, 4.69) is 21.8 Å². The first-order chi connectivity index (χ1) is 11.2. The number of aromatic nitrogens is 2. The van der Waals surface area contributed by atoms with Gasteiger partial charge >= 0.3 is 0 Å². The molecular weight excluding hydrogens is 311 g/mol. The van der Waals surface area contributed by atoms with E-state index in [4.69, 9.17) is 0 Å². The molecule has 0 spiro atoms. The Morgan fingerprint density at radius 3 is 2.91 bits per heavy atom. The lowest BCUT2D eigenvalue weighted by Crippen LogP contribution is -1.93. The number of hydrogen-bond acceptors (Lipinski definition) is 4. The monoisotopic (exact) mass is 324 g/mol. The maximum atomic E-state index is 13.7. The second-order valence-corrected chi connectivity index (χ2v) is 5.86. The third kappa shape index (κ3) is 3.55. The largest absolute Gasteiger partial charge is 0.508 e. The van der Waals surface area contributed by atoms with Crippen molar-refractivity contribution in [3.8, 4) is 17.6 Å². The zero-order chi connectivity index (χ0) is 16.2. The number of nitrogens with zero attached hydrogens (tertiary/aromatic N) is 2. The standard InChI is InChI=1S/C18H13FN2OS/c1-2-13-8-7-12(18(19)20-13)5-3-4-6-17-21-15-10-9-14(22)11-16(15)23-17/h4,6-11,22H,2H2,1H3/b6-4+. The Balaban J connectivity index is 1.78. The summed E-state index contributed by atoms with van der Waals surface area (Å²) in [6, 6.07) is 8.46. The lowest BCUT2D eigenvalue weighted by atomic mass is 10.2. The van der Waals surface area contributed by atoms with Gasteiger partial charge < -0.3 is 5.11 Å². The Hall–Kier alpha value is -2.71. The van der Waals surface area contributed by atoms with Crippen molar-refractivity contribution in [3.05, 3.63) is 58.6 Å². The zero-order valence-corrected chi connectivity index (χ0v) is 13.2. The van der Waals surface area contributed by atoms with Gasteiger partial charge in [-0.15, -0.1) is 11.3 Å². The minimum atomic E-state index is -0.541. The van der Waals surface area contributed by atoms with Gasteiger partial charge in [0.2, 0.25) is 5.95 Å². The second-order valence-electron chi connectivity index (χ2n) is 4.80. The van der Waals surface area contributed by atoms with Gasteiger partial charge in [-0.2, -0.15) is 4.39 Å². The molecule has 114 valence electrons. The molecule has 0 fully saturated rings. The molecule has 0 unspecified atom stereocenters. The molecule has 0 amide bonds. The van der Waals surface area contributed by atoms with Crippen LogP contribution in [0.2, 0.25) is 0 Å². The number of aryl methyl sites for hydroxylation is 1. The molecule has 0 atom stereocenters. The van der Waals surface area contributed by atoms with Crippen LogP contribution in [0.1, 0.15) is 23.2 Å². The highest BCUT2D eigenvalue weighted by molar-refractivity contribution is 7.19. The fourth-order valence-electron chi connectivity index (χ4n) is 2.00. The van der Waals surface area contributed by atoms with Crippen molar-refractivity contribution < 1.29 is 9.50 Å². The predicted octanol–water partition coefficient (Wildman–Crippen LogP) is 4.16. The van der Waals surface area contributed by atoms with Crippen molar-refractivity contribution in [2.45, 2.75) is 13.3 Å². The Morgan fingerprint density at radius 2 is 2.13 bits per heavy atom. The summed E-state index contributed by atoms with van der Waals surface area (Å²) in [6.07, 6.45) is 4.09. The highest BCUT2D eigenvalue weighted by atomic mass is 32.1. The quantitative estimate of drug-likeness (QED) is 0.568. The van der Waals surface area contributed by atoms with Crippen LogP contribution in [0.4, 0.5) is 4.39 Å². The number of allylic oxidation sites excluding steroid dienone is 1. The summed E-state index contributed by atoms with van der Waals surface area (Å²) in [7, 11) is 0. The number of benzene rings is 1. The molecule has 0 bridgehead atoms. The van der Waals surface area contributed by atoms with Crippen molar-refractivity contribution in [1.29, 1.82) is 0 Å². The Morgan fingerprint density at radius 1 is 1.26 bits per heavy atom. The summed E-state index contributed by atoms with van der Waals surface area (Å²) in [5.74, 6) is 5.21. The van der Waals surface area contributed by atoms with Gasteiger partial charge in [0, 0.05) is 5.69 Å². The van der Waals surface area contributed by atoms with E-state index < -0.39 is 5.95 Å². The molecule has 2 heterocycles. The van der Waals surface area contributed by atoms with Crippen molar-refractivity contribution in [3.63, 3.8) is 0 Å². The Kier molecular flexibility index (Phi) is 4.35. The smallest absolute Gasteiger partial charge is 0.228 e. The Labute approximate surface area is 137 Å². The van der Waals surface area contributed by atoms with Gasteiger partial charge in [0.25, 0.3) is 0 Å². The van der Waals surface area contributed by atoms with E-state index in [1.165, 1.54) is 11.3 Å². The summed E-state index contributed by atoms with van der Waals surface area (Å²) in [4.78, 5) is 8.24. The zero-order valence-electron chi connectivity index (χ0n) is 12.4. The predicted molar refractivity (Wildman–Crippen MR) is 90.8 cm³/mol. The molecule has 3 aromatic rings. The van der Waals surface area contributed by atoms with Gasteiger partial charge in [-0.1, -0.05) is 18.8 Å². The Bertz CT molecular complexity index is 951. The fraction of sp³-hybridized carbons (Fsp3) is 0.111. The molecular formula is C18H13FN2OS. The van der Waals surface area contributed by atoms with Crippen LogP contribution in [0.15, 0.2) is 36.4 Å². The maximum absolute atomic E-state index is 13.7. The van der Waals surface area contributed by atoms with Crippen molar-refractivity contribution in [1.82, 2.24) is 9.97 Å². The highest BCUT2D eigenvalue weighted by Gasteiger charge is 2.02. The van der Waals surface area contributed by atoms with Gasteiger partial charge in [-0.25, -0.2) is 9.97 Å². The van der Waals surface area contributed by atoms with E-state index >= 15 is 0 Å². The molecule has 0 saturated heterocycles. The van der Waals surface area contributed by atoms with Crippen molar-refractivity contribution >= 4 is 27.6 Å². The van der Waals surface area contributed by atoms with Crippen LogP contribution in [0.3, 0.4) is 0 Å². The number of halogens is 1. The number of phenolic OH excluding ortho intramolecular Hbond substituents is 1. The summed E-state index contributed by atoms with van der Waals surface area (Å²) in [5.41, 5.74) is 1.81. The van der Waals surface area contributed by atoms with Crippen LogP contribution in [-0.4, -0.2) is 15.1 Å². The molecule has 1 N–H and O–H groups in total. The first-order valence-electron chi connectivity index (χ1n) is 7.09. The minimum absolute atomic E-state index is 0.218. The first kappa shape index (κ1) is 15.2. The van der Waals surface area contributed by atoms with Crippen molar-refractivity contribution in [2.24, 2.45) is 0 Å². The van der Waals surface area contributed by atoms with Crippen LogP contribution in [0, 0.1) is 17.8 Å². The molecule has 0 aliphatic rings. The number of pyridine rings is 1. The number of aromatic hydroxyl groups is 1. The van der Waals surface area contributed by atoms with Crippen LogP contribution >= 0.6 is 11.3 Å². The number of phenols is 1. The van der Waals surface area contributed by atoms with E-state index in [1.54, 1.807) is 42.5 Å². The van der Waals surface area contributed by atoms with Gasteiger partial charge in [0.1, 0.15) is 10.8 Å². The molecule has 2 aromatic heterocycles. The minimum Gasteiger partial charge on any atom is -0.508 e. The molecule has 0 aliphatic heterocycles. The molecule has 0 aliphatic carbocycles. The van der Waals surface area contributed by atoms with E-state index in [9.17, 15) is 9.50 Å². The second kappa shape index (κ2) is 6.59. The molecule has 0 radical (unpaired) electrons. The van der Waals surface area contributed by atoms with E-state index in [0.29, 0.717) is 12.1 Å². The van der Waals surface area contributed by atoms with Crippen LogP contribution < -0.4 is 0 Å². The number of fused-ring (bicyclic) bond motifs is 1. The number of rotatable bonds is 2. The van der Waals surface area contributed by atoms with Crippen LogP contribution in [0.25, 0.3) is 16.3 Å². The van der Waals surface area contributed by atoms with Gasteiger partial charge in [0.15, 0.2) is 0 Å². The van der Waals surface area contributed by atoms with Gasteiger partial charge in [0.05, 0.1) is 15.8 Å². The molecule has 23 heavy (non-hydrogen) atoms. The van der Waals surface area contributed by atoms with Crippen molar-refractivity contribution in [2.75, 3.05) is 0 Å². The van der Waals surface area contributed by atoms with Gasteiger partial charge in [-0.05, 0) is 48.9 Å². The maximum Gasteiger partial charge on any atom is 0.228 e. The lowest BCUT2D eigenvalue weighted by molar-refractivity contribution is 0.476. The molecule has 1 aromatic carbocycles. The van der Waals surface area contributed by atoms with Crippen LogP contribution in [-0.2, 0) is 6.42 Å². The normalized spacial score (nSPS) is 10.9. The molecule has 5 heteroatoms. The summed E-state index contributed by atoms with van der Waals surface area (Å²) >= 11 is 1.45. The summed E-state index contributed by atoms with van der Waals surface area (Å²) < 4.78 is 14.6. The third-order valence-electron chi connectivity index (χ3n) is 3.17. The molecule has 0 saturated carbocycles. The lowest BCUT2D eigenvalue weighted by Gasteiger charge is -1.96. The number of hydrogen-bond donors (Lipinski definition) is 1. The SMILES string of the molecule is CCc1ccc(C#C/C=C/c2nc3ccc(O)cc3s2)c(F)n1. The molecule has 3 nitrogen and oxygen atoms in total. The number of thiazole rings is 1. The highest BCUT2D eigenvalue weighted by Crippen LogP contribution is 2.26. The topological polar surface area (TPSA) is 46.0 Å². The average molecular weight is 324 g/mol. The summed E-state index contributed by atoms with van der Waals surface area (Å²) in [6.45, 7) is 1.92. The van der Waals surface area contributed by atoms with E-state index in [0.717, 1.165) is 15.2 Å². The van der Waals surface area contributed by atoms with E-state index in [-0.39, 0.29) is 11.3 Å². The van der Waals surface area contributed by atoms with Gasteiger partial charge in [-0.3, -0.25) is 0 Å². The third-order valence-corrected chi connectivity index (χ3v) is 4.16.